The molecule has 6 aliphatic carbocycles. The Morgan fingerprint density at radius 2 is 0.750 bits per heavy atom. The largest absolute Gasteiger partial charge is 0.0853 e. The van der Waals surface area contributed by atoms with Crippen LogP contribution in [0.3, 0.4) is 0 Å². The third kappa shape index (κ3) is 15.3. The highest BCUT2D eigenvalue weighted by Gasteiger charge is 2.27. The highest BCUT2D eigenvalue weighted by atomic mass is 14.3. The van der Waals surface area contributed by atoms with E-state index < -0.39 is 0 Å². The van der Waals surface area contributed by atoms with Gasteiger partial charge in [0.2, 0.25) is 0 Å². The van der Waals surface area contributed by atoms with E-state index in [0.717, 1.165) is 59.2 Å². The average molecular weight is 761 g/mol. The lowest BCUT2D eigenvalue weighted by Gasteiger charge is -2.34. The molecule has 0 aliphatic heterocycles. The van der Waals surface area contributed by atoms with E-state index >= 15 is 0 Å². The molecule has 0 heteroatoms. The smallest absolute Gasteiger partial charge is 0.0162 e. The van der Waals surface area contributed by atoms with Gasteiger partial charge in [-0.05, 0) is 181 Å². The van der Waals surface area contributed by atoms with Gasteiger partial charge in [0.1, 0.15) is 0 Å². The predicted octanol–water partition coefficient (Wildman–Crippen LogP) is 17.7. The highest BCUT2D eigenvalue weighted by Crippen LogP contribution is 2.40. The van der Waals surface area contributed by atoms with Gasteiger partial charge in [-0.1, -0.05) is 169 Å². The van der Waals surface area contributed by atoms with Crippen LogP contribution in [-0.4, -0.2) is 0 Å². The molecule has 0 N–H and O–H groups in total. The third-order valence-corrected chi connectivity index (χ3v) is 15.8. The fourth-order valence-electron chi connectivity index (χ4n) is 11.0. The molecule has 0 saturated heterocycles. The molecule has 2 unspecified atom stereocenters. The zero-order chi connectivity index (χ0) is 39.9. The molecule has 0 nitrogen and oxygen atoms in total. The molecule has 0 bridgehead atoms. The summed E-state index contributed by atoms with van der Waals surface area (Å²) in [4.78, 5) is 0. The second kappa shape index (κ2) is 23.5. The summed E-state index contributed by atoms with van der Waals surface area (Å²) in [5.41, 5.74) is 9.31. The Balaban J connectivity index is 0.000000143. The number of hydrogen-bond acceptors (Lipinski definition) is 0. The molecule has 4 fully saturated rings. The molecule has 312 valence electrons. The van der Waals surface area contributed by atoms with Gasteiger partial charge in [0.05, 0.1) is 0 Å². The van der Waals surface area contributed by atoms with Crippen LogP contribution in [0.5, 0.6) is 0 Å². The summed E-state index contributed by atoms with van der Waals surface area (Å²) in [6.07, 6.45) is 36.6. The van der Waals surface area contributed by atoms with Crippen LogP contribution in [0.15, 0.2) is 71.8 Å². The first kappa shape index (κ1) is 45.0. The first-order valence-electron chi connectivity index (χ1n) is 24.5. The van der Waals surface area contributed by atoms with Crippen LogP contribution in [0, 0.1) is 61.2 Å². The van der Waals surface area contributed by atoms with Crippen molar-refractivity contribution in [1.82, 2.24) is 0 Å². The fourth-order valence-corrected chi connectivity index (χ4v) is 11.0. The normalized spacial score (nSPS) is 33.4. The Morgan fingerprint density at radius 3 is 1.12 bits per heavy atom. The van der Waals surface area contributed by atoms with Crippen molar-refractivity contribution in [3.63, 3.8) is 0 Å². The Bertz CT molecular complexity index is 1340. The fraction of sp³-hybridized carbons (Fsp3) is 0.714. The molecule has 56 heavy (non-hydrogen) atoms. The van der Waals surface area contributed by atoms with Gasteiger partial charge in [-0.2, -0.15) is 0 Å². The quantitative estimate of drug-likeness (QED) is 0.272. The number of benzene rings is 2. The summed E-state index contributed by atoms with van der Waals surface area (Å²) in [6.45, 7) is 18.6. The lowest BCUT2D eigenvalue weighted by atomic mass is 9.72. The van der Waals surface area contributed by atoms with Crippen molar-refractivity contribution in [3.8, 4) is 0 Å². The Morgan fingerprint density at radius 1 is 0.339 bits per heavy atom. The maximum atomic E-state index is 2.56. The molecular weight excluding hydrogens is 673 g/mol. The lowest BCUT2D eigenvalue weighted by Crippen LogP contribution is -2.22. The van der Waals surface area contributed by atoms with Gasteiger partial charge < -0.3 is 0 Å². The minimum atomic E-state index is 0.840. The molecule has 0 heterocycles. The lowest BCUT2D eigenvalue weighted by molar-refractivity contribution is 0.200. The summed E-state index contributed by atoms with van der Waals surface area (Å²) in [5.74, 6) is 9.61. The Hall–Kier alpha value is -2.08. The van der Waals surface area contributed by atoms with Crippen molar-refractivity contribution in [3.05, 3.63) is 94.1 Å². The van der Waals surface area contributed by atoms with Gasteiger partial charge in [0.15, 0.2) is 0 Å². The summed E-state index contributed by atoms with van der Waals surface area (Å²) >= 11 is 0. The first-order chi connectivity index (χ1) is 27.0. The van der Waals surface area contributed by atoms with Crippen LogP contribution < -0.4 is 0 Å². The highest BCUT2D eigenvalue weighted by molar-refractivity contribution is 5.26. The molecule has 0 radical (unpaired) electrons. The van der Waals surface area contributed by atoms with Crippen molar-refractivity contribution in [2.75, 3.05) is 0 Å². The average Bonchev–Trinajstić information content (AvgIpc) is 3.21. The summed E-state index contributed by atoms with van der Waals surface area (Å²) < 4.78 is 0. The van der Waals surface area contributed by atoms with E-state index in [-0.39, 0.29) is 0 Å². The number of allylic oxidation sites excluding steroid dienone is 4. The van der Waals surface area contributed by atoms with Gasteiger partial charge in [-0.3, -0.25) is 0 Å². The molecule has 0 aromatic heterocycles. The van der Waals surface area contributed by atoms with E-state index in [1.54, 1.807) is 16.7 Å². The van der Waals surface area contributed by atoms with E-state index in [0.29, 0.717) is 0 Å². The van der Waals surface area contributed by atoms with E-state index in [1.807, 2.05) is 5.57 Å². The maximum absolute atomic E-state index is 2.56. The van der Waals surface area contributed by atoms with Crippen molar-refractivity contribution in [1.29, 1.82) is 0 Å². The second-order valence-electron chi connectivity index (χ2n) is 21.0. The Labute approximate surface area is 348 Å². The van der Waals surface area contributed by atoms with E-state index in [4.69, 9.17) is 0 Å². The van der Waals surface area contributed by atoms with Gasteiger partial charge in [-0.15, -0.1) is 0 Å². The molecule has 0 spiro atoms. The van der Waals surface area contributed by atoms with Crippen LogP contribution in [0.2, 0.25) is 0 Å². The molecule has 2 atom stereocenters. The van der Waals surface area contributed by atoms with Gasteiger partial charge in [-0.25, -0.2) is 0 Å². The molecular formula is C56H88. The zero-order valence-electron chi connectivity index (χ0n) is 38.1. The van der Waals surface area contributed by atoms with E-state index in [9.17, 15) is 0 Å². The monoisotopic (exact) mass is 761 g/mol. The second-order valence-corrected chi connectivity index (χ2v) is 21.0. The maximum Gasteiger partial charge on any atom is -0.0162 e. The summed E-state index contributed by atoms with van der Waals surface area (Å²) in [6, 6.07) is 18.2. The van der Waals surface area contributed by atoms with Gasteiger partial charge >= 0.3 is 0 Å². The predicted molar refractivity (Wildman–Crippen MR) is 248 cm³/mol. The minimum Gasteiger partial charge on any atom is -0.0853 e. The van der Waals surface area contributed by atoms with E-state index in [2.05, 4.69) is 116 Å². The molecule has 6 aliphatic rings. The topological polar surface area (TPSA) is 0 Å². The van der Waals surface area contributed by atoms with Crippen molar-refractivity contribution in [2.45, 2.75) is 208 Å². The van der Waals surface area contributed by atoms with Crippen LogP contribution >= 0.6 is 0 Å². The SMILES string of the molecule is CC1=CCC(C2CCC(C)CC2)CC1.CC1CC=C(C2CCC(C)CC2)CC1.Cc1ccc(C2CCC(C)CC2)cc1.Cc1ccc(C2CCC(C)CC2)cc1. The molecule has 8 rings (SSSR count). The van der Waals surface area contributed by atoms with Crippen LogP contribution in [-0.2, 0) is 0 Å². The third-order valence-electron chi connectivity index (χ3n) is 15.8. The van der Waals surface area contributed by atoms with Crippen LogP contribution in [0.1, 0.15) is 217 Å². The molecule has 0 amide bonds. The van der Waals surface area contributed by atoms with Crippen molar-refractivity contribution in [2.24, 2.45) is 47.3 Å². The van der Waals surface area contributed by atoms with Gasteiger partial charge in [0.25, 0.3) is 0 Å². The minimum absolute atomic E-state index is 0.840. The molecule has 2 aromatic rings. The zero-order valence-corrected chi connectivity index (χ0v) is 38.1. The van der Waals surface area contributed by atoms with Crippen LogP contribution in [0.25, 0.3) is 0 Å². The summed E-state index contributed by atoms with van der Waals surface area (Å²) in [5, 5.41) is 0. The molecule has 2 aromatic carbocycles. The van der Waals surface area contributed by atoms with Crippen LogP contribution in [0.4, 0.5) is 0 Å². The number of hydrogen-bond donors (Lipinski definition) is 0. The number of aryl methyl sites for hydroxylation is 2. The first-order valence-corrected chi connectivity index (χ1v) is 24.5. The summed E-state index contributed by atoms with van der Waals surface area (Å²) in [7, 11) is 0. The van der Waals surface area contributed by atoms with Crippen molar-refractivity contribution >= 4 is 0 Å². The Kier molecular flexibility index (Phi) is 18.9. The van der Waals surface area contributed by atoms with Crippen molar-refractivity contribution < 1.29 is 0 Å². The van der Waals surface area contributed by atoms with E-state index in [1.165, 1.54) is 152 Å². The standard InChI is InChI=1S/2C14H24.2C14H20/c4*1-11-3-7-13(8-4-11)14-9-5-12(2)6-10-14/h7,11-12,14H,3-6,8-10H2,1-2H3;3,12-14H,4-10H2,1-2H3;2*3-4,7-8,12,14H,5-6,9-10H2,1-2H3. The van der Waals surface area contributed by atoms with Gasteiger partial charge in [0, 0.05) is 0 Å². The molecule has 4 saturated carbocycles. The number of rotatable bonds is 4.